The Bertz CT molecular complexity index is 947. The van der Waals surface area contributed by atoms with Crippen molar-refractivity contribution in [2.24, 2.45) is 5.92 Å². The lowest BCUT2D eigenvalue weighted by Gasteiger charge is -2.57. The van der Waals surface area contributed by atoms with Crippen molar-refractivity contribution in [3.63, 3.8) is 0 Å². The van der Waals surface area contributed by atoms with Crippen molar-refractivity contribution >= 4 is 0 Å². The number of nitrogens with one attached hydrogen (secondary N) is 2. The monoisotopic (exact) mass is 434 g/mol. The van der Waals surface area contributed by atoms with Crippen LogP contribution in [-0.2, 0) is 12.8 Å². The summed E-state index contributed by atoms with van der Waals surface area (Å²) in [6.07, 6.45) is 4.20. The molecule has 0 amide bonds. The minimum absolute atomic E-state index is 0.128. The summed E-state index contributed by atoms with van der Waals surface area (Å²) in [6.45, 7) is 8.90. The van der Waals surface area contributed by atoms with E-state index in [1.165, 1.54) is 22.3 Å². The Morgan fingerprint density at radius 2 is 1.28 bits per heavy atom. The predicted octanol–water partition coefficient (Wildman–Crippen LogP) is 4.81. The Hall–Kier alpha value is -2.04. The Balaban J connectivity index is 1.58. The Kier molecular flexibility index (Phi) is 5.50. The van der Waals surface area contributed by atoms with Crippen molar-refractivity contribution in [3.8, 4) is 11.5 Å². The lowest BCUT2D eigenvalue weighted by atomic mass is 9.55. The van der Waals surface area contributed by atoms with Crippen LogP contribution in [0.15, 0.2) is 36.4 Å². The first-order valence-electron chi connectivity index (χ1n) is 12.3. The van der Waals surface area contributed by atoms with Gasteiger partial charge in [0.25, 0.3) is 0 Å². The van der Waals surface area contributed by atoms with Crippen molar-refractivity contribution in [2.45, 2.75) is 69.5 Å². The molecule has 3 aliphatic rings. The van der Waals surface area contributed by atoms with E-state index in [1.807, 2.05) is 14.1 Å². The van der Waals surface area contributed by atoms with Crippen molar-refractivity contribution in [3.05, 3.63) is 58.7 Å². The second-order valence-corrected chi connectivity index (χ2v) is 10.9. The van der Waals surface area contributed by atoms with Crippen LogP contribution in [0, 0.1) is 5.92 Å². The highest BCUT2D eigenvalue weighted by molar-refractivity contribution is 5.49. The van der Waals surface area contributed by atoms with E-state index in [1.54, 1.807) is 0 Å². The standard InChI is InChI=1S/C28H38N2O2/c1-27(2)26-22(20-14-18(10-12-29-4)6-8-24(20)31-27)16-28(3)17-23(26)21-15-19(11-13-30-5)7-9-25(21)32-28/h6-9,14-15,22-23,26,29-30H,10-13,16-17H2,1-5H3. The normalized spacial score (nSPS) is 29.2. The van der Waals surface area contributed by atoms with Crippen LogP contribution in [0.1, 0.15) is 67.7 Å². The van der Waals surface area contributed by atoms with Crippen molar-refractivity contribution in [1.29, 1.82) is 0 Å². The lowest BCUT2D eigenvalue weighted by molar-refractivity contribution is -0.0801. The van der Waals surface area contributed by atoms with Crippen LogP contribution in [0.5, 0.6) is 11.5 Å². The van der Waals surface area contributed by atoms with E-state index >= 15 is 0 Å². The average Bonchev–Trinajstić information content (AvgIpc) is 2.75. The lowest BCUT2D eigenvalue weighted by Crippen LogP contribution is -2.56. The third-order valence-corrected chi connectivity index (χ3v) is 7.98. The smallest absolute Gasteiger partial charge is 0.123 e. The zero-order chi connectivity index (χ0) is 22.5. The van der Waals surface area contributed by atoms with Crippen LogP contribution >= 0.6 is 0 Å². The minimum Gasteiger partial charge on any atom is -0.487 e. The Labute approximate surface area is 193 Å². The molecule has 4 heteroatoms. The first-order chi connectivity index (χ1) is 15.3. The highest BCUT2D eigenvalue weighted by atomic mass is 16.5. The molecule has 0 spiro atoms. The summed E-state index contributed by atoms with van der Waals surface area (Å²) >= 11 is 0. The molecule has 1 saturated carbocycles. The van der Waals surface area contributed by atoms with Crippen LogP contribution in [0.2, 0.25) is 0 Å². The molecule has 4 nitrogen and oxygen atoms in total. The molecule has 1 aliphatic carbocycles. The largest absolute Gasteiger partial charge is 0.487 e. The van der Waals surface area contributed by atoms with Gasteiger partial charge in [-0.2, -0.15) is 0 Å². The van der Waals surface area contributed by atoms with Crippen molar-refractivity contribution < 1.29 is 9.47 Å². The Morgan fingerprint density at radius 3 is 1.78 bits per heavy atom. The van der Waals surface area contributed by atoms with E-state index in [9.17, 15) is 0 Å². The zero-order valence-corrected chi connectivity index (χ0v) is 20.3. The molecule has 0 aromatic heterocycles. The number of benzene rings is 2. The zero-order valence-electron chi connectivity index (χ0n) is 20.3. The molecule has 0 saturated heterocycles. The van der Waals surface area contributed by atoms with Gasteiger partial charge < -0.3 is 20.1 Å². The number of hydrogen-bond donors (Lipinski definition) is 2. The maximum Gasteiger partial charge on any atom is 0.123 e. The molecule has 2 heterocycles. The van der Waals surface area contributed by atoms with E-state index in [0.717, 1.165) is 50.3 Å². The number of hydrogen-bond acceptors (Lipinski definition) is 4. The average molecular weight is 435 g/mol. The molecule has 1 fully saturated rings. The first-order valence-corrected chi connectivity index (χ1v) is 12.3. The minimum atomic E-state index is -0.217. The van der Waals surface area contributed by atoms with Gasteiger partial charge in [0.15, 0.2) is 0 Å². The molecule has 32 heavy (non-hydrogen) atoms. The molecule has 2 aromatic carbocycles. The maximum atomic E-state index is 6.72. The molecule has 4 unspecified atom stereocenters. The fraction of sp³-hybridized carbons (Fsp3) is 0.571. The molecule has 5 rings (SSSR count). The maximum absolute atomic E-state index is 6.72. The third kappa shape index (κ3) is 3.72. The van der Waals surface area contributed by atoms with E-state index in [2.05, 4.69) is 67.8 Å². The van der Waals surface area contributed by atoms with E-state index in [4.69, 9.17) is 9.47 Å². The fourth-order valence-electron chi connectivity index (χ4n) is 6.64. The van der Waals surface area contributed by atoms with Gasteiger partial charge in [0.05, 0.1) is 0 Å². The second kappa shape index (κ2) is 8.07. The molecule has 2 N–H and O–H groups in total. The van der Waals surface area contributed by atoms with E-state index in [-0.39, 0.29) is 11.2 Å². The van der Waals surface area contributed by atoms with Gasteiger partial charge in [-0.25, -0.2) is 0 Å². The summed E-state index contributed by atoms with van der Waals surface area (Å²) in [4.78, 5) is 0. The number of ether oxygens (including phenoxy) is 2. The van der Waals surface area contributed by atoms with Crippen LogP contribution in [0.25, 0.3) is 0 Å². The van der Waals surface area contributed by atoms with Crippen LogP contribution < -0.4 is 20.1 Å². The predicted molar refractivity (Wildman–Crippen MR) is 130 cm³/mol. The van der Waals surface area contributed by atoms with Gasteiger partial charge in [0.2, 0.25) is 0 Å². The molecular weight excluding hydrogens is 396 g/mol. The van der Waals surface area contributed by atoms with Crippen molar-refractivity contribution in [2.75, 3.05) is 27.2 Å². The van der Waals surface area contributed by atoms with Gasteiger partial charge in [0.1, 0.15) is 22.7 Å². The van der Waals surface area contributed by atoms with Gasteiger partial charge >= 0.3 is 0 Å². The quantitative estimate of drug-likeness (QED) is 0.685. The molecule has 2 aromatic rings. The summed E-state index contributed by atoms with van der Waals surface area (Å²) < 4.78 is 13.4. The van der Waals surface area contributed by atoms with Crippen LogP contribution in [-0.4, -0.2) is 38.4 Å². The fourth-order valence-corrected chi connectivity index (χ4v) is 6.64. The van der Waals surface area contributed by atoms with Gasteiger partial charge in [-0.15, -0.1) is 0 Å². The summed E-state index contributed by atoms with van der Waals surface area (Å²) in [7, 11) is 4.03. The van der Waals surface area contributed by atoms with Gasteiger partial charge in [-0.3, -0.25) is 0 Å². The highest BCUT2D eigenvalue weighted by Crippen LogP contribution is 2.62. The molecule has 0 radical (unpaired) electrons. The second-order valence-electron chi connectivity index (χ2n) is 10.9. The molecule has 2 aliphatic heterocycles. The van der Waals surface area contributed by atoms with Gasteiger partial charge in [0, 0.05) is 5.92 Å². The van der Waals surface area contributed by atoms with Gasteiger partial charge in [-0.05, 0) is 120 Å². The first kappa shape index (κ1) is 21.8. The topological polar surface area (TPSA) is 42.5 Å². The summed E-state index contributed by atoms with van der Waals surface area (Å²) in [5.74, 6) is 3.47. The van der Waals surface area contributed by atoms with E-state index in [0.29, 0.717) is 17.8 Å². The van der Waals surface area contributed by atoms with Crippen molar-refractivity contribution in [1.82, 2.24) is 10.6 Å². The third-order valence-electron chi connectivity index (χ3n) is 7.98. The summed E-state index contributed by atoms with van der Waals surface area (Å²) in [5, 5.41) is 6.56. The highest BCUT2D eigenvalue weighted by Gasteiger charge is 2.57. The molecule has 172 valence electrons. The van der Waals surface area contributed by atoms with Crippen LogP contribution in [0.3, 0.4) is 0 Å². The van der Waals surface area contributed by atoms with Crippen LogP contribution in [0.4, 0.5) is 0 Å². The SMILES string of the molecule is CNCCc1ccc2c(c1)C1CC(C)(CC3c4cc(CCNC)ccc4OC(C)(C)C13)O2. The molecule has 4 atom stereocenters. The number of rotatable bonds is 6. The van der Waals surface area contributed by atoms with E-state index < -0.39 is 0 Å². The number of fused-ring (bicyclic) bond motifs is 8. The summed E-state index contributed by atoms with van der Waals surface area (Å²) in [6, 6.07) is 13.7. The molecular formula is C28H38N2O2. The number of likely N-dealkylation sites (N-methyl/N-ethyl adjacent to an activating group) is 2. The molecule has 2 bridgehead atoms. The Morgan fingerprint density at radius 1 is 0.781 bits per heavy atom. The summed E-state index contributed by atoms with van der Waals surface area (Å²) in [5.41, 5.74) is 5.20. The van der Waals surface area contributed by atoms with Gasteiger partial charge in [-0.1, -0.05) is 24.3 Å².